The van der Waals surface area contributed by atoms with Crippen LogP contribution in [0, 0.1) is 10.1 Å². The summed E-state index contributed by atoms with van der Waals surface area (Å²) in [5.41, 5.74) is 4.91. The molecule has 1 aliphatic carbocycles. The van der Waals surface area contributed by atoms with E-state index in [0.717, 1.165) is 22.1 Å². The Hall–Kier alpha value is -2.62. The molecule has 0 aromatic carbocycles. The molecule has 0 amide bonds. The van der Waals surface area contributed by atoms with Crippen molar-refractivity contribution < 1.29 is 4.92 Å². The van der Waals surface area contributed by atoms with E-state index in [1.165, 1.54) is 0 Å². The largest absolute Gasteiger partial charge is 0.310 e. The van der Waals surface area contributed by atoms with Crippen molar-refractivity contribution in [2.45, 2.75) is 0 Å². The molecule has 2 aromatic heterocycles. The van der Waals surface area contributed by atoms with Crippen molar-refractivity contribution in [3.05, 3.63) is 58.6 Å². The maximum absolute atomic E-state index is 11.0. The van der Waals surface area contributed by atoms with Gasteiger partial charge >= 0.3 is 0 Å². The molecule has 0 fully saturated rings. The van der Waals surface area contributed by atoms with Crippen LogP contribution in [0.25, 0.3) is 27.7 Å². The normalized spacial score (nSPS) is 11.8. The lowest BCUT2D eigenvalue weighted by atomic mass is 10.1. The van der Waals surface area contributed by atoms with Crippen LogP contribution in [0.1, 0.15) is 0 Å². The van der Waals surface area contributed by atoms with Gasteiger partial charge in [-0.3, -0.25) is 10.1 Å². The van der Waals surface area contributed by atoms with Crippen LogP contribution in [0.3, 0.4) is 0 Å². The minimum absolute atomic E-state index is 0.168. The fourth-order valence-corrected chi connectivity index (χ4v) is 2.61. The number of nitrogens with zero attached hydrogens (tertiary/aromatic N) is 2. The van der Waals surface area contributed by atoms with Gasteiger partial charge in [0.15, 0.2) is 0 Å². The van der Waals surface area contributed by atoms with Gasteiger partial charge in [0.2, 0.25) is 0 Å². The smallest absolute Gasteiger partial charge is 0.277 e. The summed E-state index contributed by atoms with van der Waals surface area (Å²) in [6, 6.07) is 15.3. The number of rotatable bonds is 1. The van der Waals surface area contributed by atoms with Gasteiger partial charge in [0.25, 0.3) is 5.69 Å². The summed E-state index contributed by atoms with van der Waals surface area (Å²) < 4.78 is 2.10. The minimum Gasteiger partial charge on any atom is -0.310 e. The number of fused-ring (bicyclic) bond motifs is 1. The molecule has 4 nitrogen and oxygen atoms in total. The van der Waals surface area contributed by atoms with Crippen molar-refractivity contribution in [3.63, 3.8) is 0 Å². The molecule has 4 rings (SSSR count). The van der Waals surface area contributed by atoms with E-state index < -0.39 is 0 Å². The summed E-state index contributed by atoms with van der Waals surface area (Å²) in [4.78, 5) is 10.7. The SMILES string of the molecule is O=[N+]([O-])c1ccc2cc3ccc4ccc(cc1-2)n43. The number of hydrogen-bond donors (Lipinski definition) is 0. The van der Waals surface area contributed by atoms with Crippen LogP contribution in [-0.4, -0.2) is 9.32 Å². The Morgan fingerprint density at radius 3 is 2.28 bits per heavy atom. The van der Waals surface area contributed by atoms with E-state index in [2.05, 4.69) is 4.40 Å². The molecule has 3 heterocycles. The molecule has 4 heteroatoms. The monoisotopic (exact) mass is 236 g/mol. The number of aromatic nitrogens is 1. The van der Waals surface area contributed by atoms with Crippen LogP contribution in [0.5, 0.6) is 0 Å². The molecule has 2 aromatic rings. The van der Waals surface area contributed by atoms with Crippen LogP contribution in [0.15, 0.2) is 48.5 Å². The summed E-state index contributed by atoms with van der Waals surface area (Å²) >= 11 is 0. The molecule has 0 atom stereocenters. The van der Waals surface area contributed by atoms with Crippen molar-refractivity contribution in [3.8, 4) is 11.1 Å². The third-order valence-electron chi connectivity index (χ3n) is 3.42. The van der Waals surface area contributed by atoms with Gasteiger partial charge in [-0.25, -0.2) is 0 Å². The molecule has 0 bridgehead atoms. The Kier molecular flexibility index (Phi) is 1.56. The quantitative estimate of drug-likeness (QED) is 0.375. The maximum Gasteiger partial charge on any atom is 0.277 e. The molecular weight excluding hydrogens is 228 g/mol. The lowest BCUT2D eigenvalue weighted by Gasteiger charge is -1.91. The zero-order valence-electron chi connectivity index (χ0n) is 9.33. The number of nitro groups is 1. The molecule has 2 aliphatic rings. The second kappa shape index (κ2) is 2.98. The first kappa shape index (κ1) is 9.41. The van der Waals surface area contributed by atoms with E-state index >= 15 is 0 Å². The molecule has 0 spiro atoms. The fourth-order valence-electron chi connectivity index (χ4n) is 2.61. The minimum atomic E-state index is -0.329. The van der Waals surface area contributed by atoms with Crippen molar-refractivity contribution in [2.24, 2.45) is 0 Å². The highest BCUT2D eigenvalue weighted by Gasteiger charge is 2.19. The number of hydrogen-bond acceptors (Lipinski definition) is 2. The molecular formula is C14H8N2O2. The van der Waals surface area contributed by atoms with Crippen molar-refractivity contribution in [1.82, 2.24) is 4.40 Å². The van der Waals surface area contributed by atoms with Gasteiger partial charge in [-0.1, -0.05) is 0 Å². The highest BCUT2D eigenvalue weighted by Crippen LogP contribution is 2.36. The van der Waals surface area contributed by atoms with Crippen LogP contribution in [0.2, 0.25) is 0 Å². The summed E-state index contributed by atoms with van der Waals surface area (Å²) in [6.07, 6.45) is 0. The molecule has 0 saturated heterocycles. The Morgan fingerprint density at radius 2 is 1.56 bits per heavy atom. The topological polar surface area (TPSA) is 47.5 Å². The molecule has 86 valence electrons. The summed E-state index contributed by atoms with van der Waals surface area (Å²) in [6.45, 7) is 0. The fraction of sp³-hybridized carbons (Fsp3) is 0. The van der Waals surface area contributed by atoms with E-state index in [9.17, 15) is 10.1 Å². The Bertz CT molecular complexity index is 863. The first-order valence-corrected chi connectivity index (χ1v) is 5.65. The van der Waals surface area contributed by atoms with Crippen molar-refractivity contribution >= 4 is 22.2 Å². The van der Waals surface area contributed by atoms with Gasteiger partial charge in [0, 0.05) is 22.6 Å². The van der Waals surface area contributed by atoms with Crippen molar-refractivity contribution in [1.29, 1.82) is 0 Å². The Balaban J connectivity index is 2.23. The first-order chi connectivity index (χ1) is 8.74. The molecule has 0 saturated carbocycles. The predicted octanol–water partition coefficient (Wildman–Crippen LogP) is 3.54. The molecule has 18 heavy (non-hydrogen) atoms. The molecule has 0 radical (unpaired) electrons. The standard InChI is InChI=1S/C14H8N2O2/c17-16(18)14-6-1-9-7-11-4-2-10-3-5-12(15(10)11)8-13(9)14/h1-8H. The summed E-state index contributed by atoms with van der Waals surface area (Å²) in [5.74, 6) is 0. The predicted molar refractivity (Wildman–Crippen MR) is 69.4 cm³/mol. The van der Waals surface area contributed by atoms with E-state index in [1.807, 2.05) is 36.4 Å². The average Bonchev–Trinajstić information content (AvgIpc) is 2.98. The summed E-state index contributed by atoms with van der Waals surface area (Å²) in [7, 11) is 0. The molecule has 0 unspecified atom stereocenters. The molecule has 0 N–H and O–H groups in total. The van der Waals surface area contributed by atoms with Gasteiger partial charge < -0.3 is 4.40 Å². The van der Waals surface area contributed by atoms with E-state index in [4.69, 9.17) is 0 Å². The van der Waals surface area contributed by atoms with Gasteiger partial charge in [-0.05, 0) is 48.0 Å². The zero-order chi connectivity index (χ0) is 12.3. The van der Waals surface area contributed by atoms with Crippen LogP contribution in [0.4, 0.5) is 5.69 Å². The first-order valence-electron chi connectivity index (χ1n) is 5.65. The lowest BCUT2D eigenvalue weighted by Crippen LogP contribution is -1.85. The van der Waals surface area contributed by atoms with E-state index in [1.54, 1.807) is 12.1 Å². The molecule has 1 aliphatic heterocycles. The van der Waals surface area contributed by atoms with Crippen LogP contribution >= 0.6 is 0 Å². The second-order valence-corrected chi connectivity index (χ2v) is 4.41. The maximum atomic E-state index is 11.0. The third-order valence-corrected chi connectivity index (χ3v) is 3.42. The Labute approximate surface area is 102 Å². The van der Waals surface area contributed by atoms with Crippen LogP contribution in [-0.2, 0) is 0 Å². The van der Waals surface area contributed by atoms with E-state index in [0.29, 0.717) is 5.56 Å². The van der Waals surface area contributed by atoms with Gasteiger partial charge in [0.05, 0.1) is 10.5 Å². The Morgan fingerprint density at radius 1 is 0.889 bits per heavy atom. The van der Waals surface area contributed by atoms with Gasteiger partial charge in [-0.2, -0.15) is 0 Å². The lowest BCUT2D eigenvalue weighted by molar-refractivity contribution is -0.383. The highest BCUT2D eigenvalue weighted by atomic mass is 16.6. The van der Waals surface area contributed by atoms with Gasteiger partial charge in [0.1, 0.15) is 0 Å². The van der Waals surface area contributed by atoms with E-state index in [-0.39, 0.29) is 10.6 Å². The summed E-state index contributed by atoms with van der Waals surface area (Å²) in [5, 5.41) is 11.0. The second-order valence-electron chi connectivity index (χ2n) is 4.41. The third kappa shape index (κ3) is 1.04. The average molecular weight is 236 g/mol. The zero-order valence-corrected chi connectivity index (χ0v) is 9.33. The van der Waals surface area contributed by atoms with Gasteiger partial charge in [-0.15, -0.1) is 0 Å². The highest BCUT2D eigenvalue weighted by molar-refractivity contribution is 5.86. The van der Waals surface area contributed by atoms with Crippen molar-refractivity contribution in [2.75, 3.05) is 0 Å². The van der Waals surface area contributed by atoms with Crippen LogP contribution < -0.4 is 0 Å².